The molecule has 2 fully saturated rings. The van der Waals surface area contributed by atoms with E-state index in [1.807, 2.05) is 53.4 Å². The van der Waals surface area contributed by atoms with Crippen LogP contribution in [0.4, 0.5) is 4.79 Å². The monoisotopic (exact) mass is 1120 g/mol. The third-order valence-corrected chi connectivity index (χ3v) is 14.5. The fourth-order valence-corrected chi connectivity index (χ4v) is 10.2. The Balaban J connectivity index is 1.16. The molecule has 1 heterocycles. The van der Waals surface area contributed by atoms with Gasteiger partial charge in [-0.2, -0.15) is 0 Å². The predicted molar refractivity (Wildman–Crippen MR) is 290 cm³/mol. The smallest absolute Gasteiger partial charge is 0.408 e. The molecule has 4 amide bonds. The fourth-order valence-electron chi connectivity index (χ4n) is 10.2. The number of carbonyl (C=O) groups is 10. The van der Waals surface area contributed by atoms with Crippen LogP contribution in [0.2, 0.25) is 0 Å². The Morgan fingerprint density at radius 3 is 1.54 bits per heavy atom. The number of carbonyl (C=O) groups excluding carboxylic acids is 4. The fraction of sp³-hybridized carbons (Fsp3) is 0.564. The second kappa shape index (κ2) is 32.6. The number of hydrogen-bond donors (Lipinski definition) is 10. The van der Waals surface area contributed by atoms with Gasteiger partial charge in [0, 0.05) is 84.2 Å². The lowest BCUT2D eigenvalue weighted by Gasteiger charge is -2.33. The molecular formula is C55H76N8O17. The molecule has 1 aliphatic carbocycles. The minimum absolute atomic E-state index is 0.0281. The maximum absolute atomic E-state index is 14.2. The summed E-state index contributed by atoms with van der Waals surface area (Å²) in [5.41, 5.74) is 0.881. The van der Waals surface area contributed by atoms with Crippen LogP contribution in [0, 0.1) is 11.8 Å². The van der Waals surface area contributed by atoms with Gasteiger partial charge in [-0.3, -0.25) is 53.2 Å². The molecule has 3 aromatic rings. The van der Waals surface area contributed by atoms with Gasteiger partial charge in [0.15, 0.2) is 0 Å². The number of rotatable bonds is 29. The normalized spacial score (nSPS) is 18.3. The van der Waals surface area contributed by atoms with Crippen molar-refractivity contribution in [1.82, 2.24) is 40.9 Å². The average Bonchev–Trinajstić information content (AvgIpc) is 3.53. The van der Waals surface area contributed by atoms with E-state index in [1.165, 1.54) is 0 Å². The third-order valence-electron chi connectivity index (χ3n) is 14.5. The number of unbranched alkanes of at least 4 members (excludes halogenated alkanes) is 2. The van der Waals surface area contributed by atoms with Crippen LogP contribution in [0.5, 0.6) is 0 Å². The summed E-state index contributed by atoms with van der Waals surface area (Å²) in [7, 11) is 0. The molecule has 1 aliphatic heterocycles. The van der Waals surface area contributed by atoms with E-state index in [4.69, 9.17) is 9.84 Å². The van der Waals surface area contributed by atoms with Crippen LogP contribution in [0.15, 0.2) is 54.6 Å². The van der Waals surface area contributed by atoms with Gasteiger partial charge in [-0.05, 0) is 90.5 Å². The van der Waals surface area contributed by atoms with Gasteiger partial charge in [0.05, 0.1) is 26.2 Å². The van der Waals surface area contributed by atoms with Crippen molar-refractivity contribution >= 4 is 81.2 Å². The van der Waals surface area contributed by atoms with E-state index in [-0.39, 0.29) is 122 Å². The number of ether oxygens (including phenoxy) is 1. The van der Waals surface area contributed by atoms with Crippen LogP contribution in [-0.2, 0) is 54.3 Å². The van der Waals surface area contributed by atoms with E-state index in [0.29, 0.717) is 64.6 Å². The molecule has 0 radical (unpaired) electrons. The summed E-state index contributed by atoms with van der Waals surface area (Å²) in [6.07, 6.45) is -0.113. The Kier molecular flexibility index (Phi) is 25.8. The summed E-state index contributed by atoms with van der Waals surface area (Å²) >= 11 is 0. The first-order chi connectivity index (χ1) is 38.2. The second-order valence-electron chi connectivity index (χ2n) is 20.6. The summed E-state index contributed by atoms with van der Waals surface area (Å²) in [6.45, 7) is 1.80. The molecule has 25 heteroatoms. The van der Waals surface area contributed by atoms with Crippen LogP contribution in [0.1, 0.15) is 76.2 Å². The zero-order chi connectivity index (χ0) is 58.1. The molecule has 80 heavy (non-hydrogen) atoms. The average molecular weight is 1120 g/mol. The summed E-state index contributed by atoms with van der Waals surface area (Å²) in [4.78, 5) is 130. The van der Waals surface area contributed by atoms with Crippen molar-refractivity contribution in [2.75, 3.05) is 91.6 Å². The first kappa shape index (κ1) is 63.4. The zero-order valence-corrected chi connectivity index (χ0v) is 44.9. The largest absolute Gasteiger partial charge is 0.481 e. The molecule has 0 bridgehead atoms. The van der Waals surface area contributed by atoms with E-state index < -0.39 is 71.9 Å². The van der Waals surface area contributed by atoms with Gasteiger partial charge in [-0.15, -0.1) is 0 Å². The van der Waals surface area contributed by atoms with Gasteiger partial charge in [0.25, 0.3) is 0 Å². The minimum atomic E-state index is -1.67. The third kappa shape index (κ3) is 22.0. The summed E-state index contributed by atoms with van der Waals surface area (Å²) in [5, 5.41) is 71.5. The minimum Gasteiger partial charge on any atom is -0.481 e. The number of aliphatic carboxylic acids is 6. The Bertz CT molecular complexity index is 2540. The molecule has 5 rings (SSSR count). The van der Waals surface area contributed by atoms with Gasteiger partial charge in [0.2, 0.25) is 23.8 Å². The molecule has 10 N–H and O–H groups in total. The van der Waals surface area contributed by atoms with E-state index in [9.17, 15) is 73.5 Å². The predicted octanol–water partition coefficient (Wildman–Crippen LogP) is 1.98. The quantitative estimate of drug-likeness (QED) is 0.0351. The maximum atomic E-state index is 14.2. The number of hydrogen-bond acceptors (Lipinski definition) is 15. The van der Waals surface area contributed by atoms with Gasteiger partial charge in [-0.1, -0.05) is 61.4 Å². The highest BCUT2D eigenvalue weighted by Gasteiger charge is 2.32. The van der Waals surface area contributed by atoms with Crippen molar-refractivity contribution in [3.8, 4) is 0 Å². The first-order valence-electron chi connectivity index (χ1n) is 27.2. The van der Waals surface area contributed by atoms with Gasteiger partial charge in [0.1, 0.15) is 12.1 Å². The number of nitrogens with one attached hydrogen (secondary N) is 4. The Hall–Kier alpha value is -7.48. The Morgan fingerprint density at radius 2 is 1.05 bits per heavy atom. The standard InChI is InChI=1S/C55H76N8O17/c64-46(32-60-21-23-61(33-48(67)68)25-27-63(35-50(71)72)28-26-62(24-22-60)34-49(69)70)57-31-36-16-18-37(19-17-36)51(73)58-44(30-42-40-11-5-3-9-38(40)29-39-10-4-6-12-41(39)42)52(74)56-20-7-1-2-13-43(53(75)76)59-55(79)80-45(54(77)78)14-8-15-47(65)66/h3-6,9-12,29,36-37,43-45H,1-2,7-8,13-28,30-35H2,(H,56,74)(H,57,64)(H,58,73)(H,59,79)(H,65,66)(H,67,68)(H,69,70)(H,71,72)(H,75,76)(H,77,78)/t36?,37?,43-,44-,45+/m0/s1. The second-order valence-corrected chi connectivity index (χ2v) is 20.6. The summed E-state index contributed by atoms with van der Waals surface area (Å²) in [6, 6.07) is 15.3. The molecule has 25 nitrogen and oxygen atoms in total. The summed E-state index contributed by atoms with van der Waals surface area (Å²) < 4.78 is 4.88. The number of alkyl carbamates (subject to hydrolysis) is 1. The molecule has 1 saturated carbocycles. The first-order valence-corrected chi connectivity index (χ1v) is 27.2. The van der Waals surface area contributed by atoms with Gasteiger partial charge in [-0.25, -0.2) is 14.4 Å². The molecule has 3 atom stereocenters. The number of carboxylic acids is 6. The van der Waals surface area contributed by atoms with E-state index in [0.717, 1.165) is 27.1 Å². The number of nitrogens with zero attached hydrogens (tertiary/aromatic N) is 4. The molecule has 0 aromatic heterocycles. The molecule has 2 aliphatic rings. The SMILES string of the molecule is O=C(O)CCC[C@@H](OC(=O)N[C@@H](CCCCCNC(=O)[C@H](Cc1c2ccccc2cc2ccccc12)NC(=O)C1CCC(CNC(=O)CN2CCN(CC(=O)O)CCN(CC(=O)O)CCN(CC(=O)O)CC2)CC1)C(=O)O)C(=O)O. The number of benzene rings is 3. The van der Waals surface area contributed by atoms with E-state index >= 15 is 0 Å². The molecule has 0 spiro atoms. The lowest BCUT2D eigenvalue weighted by molar-refractivity contribution is -0.148. The highest BCUT2D eigenvalue weighted by Crippen LogP contribution is 2.31. The molecule has 3 aromatic carbocycles. The topological polar surface area (TPSA) is 362 Å². The highest BCUT2D eigenvalue weighted by molar-refractivity contribution is 6.03. The Labute approximate surface area is 462 Å². The lowest BCUT2D eigenvalue weighted by atomic mass is 9.81. The van der Waals surface area contributed by atoms with Crippen LogP contribution < -0.4 is 21.3 Å². The van der Waals surface area contributed by atoms with Crippen molar-refractivity contribution < 1.29 is 83.3 Å². The molecule has 0 unspecified atom stereocenters. The van der Waals surface area contributed by atoms with Crippen LogP contribution in [0.3, 0.4) is 0 Å². The number of amides is 4. The maximum Gasteiger partial charge on any atom is 0.408 e. The number of fused-ring (bicyclic) bond motifs is 2. The van der Waals surface area contributed by atoms with Gasteiger partial charge < -0.3 is 56.6 Å². The van der Waals surface area contributed by atoms with Crippen molar-refractivity contribution in [2.45, 2.75) is 95.2 Å². The van der Waals surface area contributed by atoms with Crippen molar-refractivity contribution in [1.29, 1.82) is 0 Å². The van der Waals surface area contributed by atoms with Crippen molar-refractivity contribution in [3.63, 3.8) is 0 Å². The molecular weight excluding hydrogens is 1040 g/mol. The summed E-state index contributed by atoms with van der Waals surface area (Å²) in [5.74, 6) is -8.51. The van der Waals surface area contributed by atoms with Crippen LogP contribution in [-0.4, -0.2) is 220 Å². The highest BCUT2D eigenvalue weighted by atomic mass is 16.6. The van der Waals surface area contributed by atoms with E-state index in [2.05, 4.69) is 27.3 Å². The van der Waals surface area contributed by atoms with Crippen molar-refractivity contribution in [3.05, 3.63) is 60.2 Å². The van der Waals surface area contributed by atoms with Gasteiger partial charge >= 0.3 is 41.9 Å². The van der Waals surface area contributed by atoms with E-state index in [1.54, 1.807) is 14.7 Å². The molecule has 438 valence electrons. The van der Waals surface area contributed by atoms with Crippen LogP contribution in [0.25, 0.3) is 21.5 Å². The Morgan fingerprint density at radius 1 is 0.537 bits per heavy atom. The zero-order valence-electron chi connectivity index (χ0n) is 44.9. The van der Waals surface area contributed by atoms with Crippen molar-refractivity contribution in [2.24, 2.45) is 11.8 Å². The van der Waals surface area contributed by atoms with Crippen LogP contribution >= 0.6 is 0 Å². The lowest BCUT2D eigenvalue weighted by Crippen LogP contribution is -2.50. The number of carboxylic acid groups (broad SMARTS) is 6. The molecule has 1 saturated heterocycles.